The second kappa shape index (κ2) is 7.37. The number of carbonyl (C=O) groups excluding carboxylic acids is 2. The minimum atomic E-state index is -0.436. The highest BCUT2D eigenvalue weighted by molar-refractivity contribution is 7.99. The number of hydrogen-bond acceptors (Lipinski definition) is 5. The average molecular weight is 426 g/mol. The first-order valence-corrected chi connectivity index (χ1v) is 10.3. The quantitative estimate of drug-likeness (QED) is 0.238. The zero-order valence-electron chi connectivity index (χ0n) is 16.0. The third-order valence-corrected chi connectivity index (χ3v) is 6.17. The van der Waals surface area contributed by atoms with E-state index in [1.54, 1.807) is 36.4 Å². The second-order valence-corrected chi connectivity index (χ2v) is 8.15. The van der Waals surface area contributed by atoms with E-state index in [0.29, 0.717) is 22.2 Å². The molecule has 4 aromatic rings. The zero-order chi connectivity index (χ0) is 21.5. The molecule has 5 rings (SSSR count). The molecule has 6 nitrogen and oxygen atoms in total. The number of benzene rings is 4. The Bertz CT molecular complexity index is 1310. The summed E-state index contributed by atoms with van der Waals surface area (Å²) in [7, 11) is 0. The van der Waals surface area contributed by atoms with Gasteiger partial charge < -0.3 is 0 Å². The van der Waals surface area contributed by atoms with E-state index in [1.807, 2.05) is 36.4 Å². The summed E-state index contributed by atoms with van der Waals surface area (Å²) in [6, 6.07) is 24.3. The Morgan fingerprint density at radius 1 is 0.710 bits per heavy atom. The number of rotatable bonds is 4. The molecule has 2 amide bonds. The van der Waals surface area contributed by atoms with Crippen LogP contribution in [0.15, 0.2) is 94.7 Å². The molecule has 1 aliphatic heterocycles. The molecule has 31 heavy (non-hydrogen) atoms. The van der Waals surface area contributed by atoms with Crippen LogP contribution in [0.4, 0.5) is 11.4 Å². The Balaban J connectivity index is 1.44. The number of non-ortho nitro benzene ring substituents is 1. The Morgan fingerprint density at radius 2 is 1.23 bits per heavy atom. The summed E-state index contributed by atoms with van der Waals surface area (Å²) in [4.78, 5) is 39.5. The molecule has 0 fully saturated rings. The van der Waals surface area contributed by atoms with Crippen LogP contribution in [-0.4, -0.2) is 16.7 Å². The van der Waals surface area contributed by atoms with Gasteiger partial charge in [-0.25, -0.2) is 4.90 Å². The highest BCUT2D eigenvalue weighted by Gasteiger charge is 2.33. The lowest BCUT2D eigenvalue weighted by molar-refractivity contribution is -0.384. The van der Waals surface area contributed by atoms with Crippen molar-refractivity contribution < 1.29 is 14.5 Å². The maximum Gasteiger partial charge on any atom is 0.269 e. The van der Waals surface area contributed by atoms with Crippen LogP contribution in [0.3, 0.4) is 0 Å². The van der Waals surface area contributed by atoms with E-state index in [0.717, 1.165) is 15.2 Å². The highest BCUT2D eigenvalue weighted by atomic mass is 32.2. The molecule has 7 heteroatoms. The number of nitro groups is 1. The van der Waals surface area contributed by atoms with Gasteiger partial charge in [0.25, 0.3) is 17.5 Å². The summed E-state index contributed by atoms with van der Waals surface area (Å²) < 4.78 is 0. The maximum atomic E-state index is 13.1. The molecular formula is C24H14N2O4S. The smallest absolute Gasteiger partial charge is 0.268 e. The molecular weight excluding hydrogens is 412 g/mol. The minimum Gasteiger partial charge on any atom is -0.268 e. The summed E-state index contributed by atoms with van der Waals surface area (Å²) in [6.07, 6.45) is 0. The van der Waals surface area contributed by atoms with E-state index in [4.69, 9.17) is 0 Å². The van der Waals surface area contributed by atoms with Gasteiger partial charge >= 0.3 is 0 Å². The molecule has 0 spiro atoms. The summed E-state index contributed by atoms with van der Waals surface area (Å²) >= 11 is 1.44. The Labute approximate surface area is 181 Å². The fourth-order valence-corrected chi connectivity index (χ4v) is 4.52. The topological polar surface area (TPSA) is 80.5 Å². The van der Waals surface area contributed by atoms with Gasteiger partial charge in [-0.1, -0.05) is 36.0 Å². The molecule has 0 saturated carbocycles. The van der Waals surface area contributed by atoms with Gasteiger partial charge in [-0.05, 0) is 53.9 Å². The summed E-state index contributed by atoms with van der Waals surface area (Å²) in [5, 5.41) is 12.3. The third-order valence-electron chi connectivity index (χ3n) is 5.15. The van der Waals surface area contributed by atoms with Crippen molar-refractivity contribution >= 4 is 45.7 Å². The van der Waals surface area contributed by atoms with Crippen LogP contribution in [0.2, 0.25) is 0 Å². The molecule has 150 valence electrons. The monoisotopic (exact) mass is 426 g/mol. The van der Waals surface area contributed by atoms with Crippen LogP contribution in [-0.2, 0) is 0 Å². The molecule has 0 N–H and O–H groups in total. The van der Waals surface area contributed by atoms with Crippen LogP contribution >= 0.6 is 11.8 Å². The molecule has 0 saturated heterocycles. The number of hydrogen-bond donors (Lipinski definition) is 0. The summed E-state index contributed by atoms with van der Waals surface area (Å²) in [6.45, 7) is 0. The number of nitrogens with zero attached hydrogens (tertiary/aromatic N) is 2. The zero-order valence-corrected chi connectivity index (χ0v) is 16.8. The molecule has 0 aliphatic carbocycles. The molecule has 0 unspecified atom stereocenters. The van der Waals surface area contributed by atoms with Crippen LogP contribution in [0.5, 0.6) is 0 Å². The third kappa shape index (κ3) is 3.25. The lowest BCUT2D eigenvalue weighted by Crippen LogP contribution is -2.40. The number of carbonyl (C=O) groups is 2. The van der Waals surface area contributed by atoms with Gasteiger partial charge in [0.2, 0.25) is 0 Å². The van der Waals surface area contributed by atoms with Crippen molar-refractivity contribution in [3.63, 3.8) is 0 Å². The maximum absolute atomic E-state index is 13.1. The molecule has 1 aliphatic rings. The van der Waals surface area contributed by atoms with Crippen LogP contribution < -0.4 is 4.90 Å². The van der Waals surface area contributed by atoms with Crippen LogP contribution in [0.1, 0.15) is 20.7 Å². The number of nitro benzene ring substituents is 1. The first-order valence-electron chi connectivity index (χ1n) is 9.46. The van der Waals surface area contributed by atoms with Crippen LogP contribution in [0, 0.1) is 10.1 Å². The van der Waals surface area contributed by atoms with E-state index in [-0.39, 0.29) is 17.5 Å². The van der Waals surface area contributed by atoms with Gasteiger partial charge in [0, 0.05) is 38.4 Å². The fourth-order valence-electron chi connectivity index (χ4n) is 3.70. The predicted molar refractivity (Wildman–Crippen MR) is 119 cm³/mol. The van der Waals surface area contributed by atoms with Crippen molar-refractivity contribution in [2.75, 3.05) is 4.90 Å². The number of imide groups is 1. The van der Waals surface area contributed by atoms with Crippen molar-refractivity contribution in [2.45, 2.75) is 9.79 Å². The molecule has 1 heterocycles. The molecule has 4 aromatic carbocycles. The van der Waals surface area contributed by atoms with Gasteiger partial charge in [0.05, 0.1) is 10.6 Å². The van der Waals surface area contributed by atoms with E-state index >= 15 is 0 Å². The van der Waals surface area contributed by atoms with E-state index < -0.39 is 4.92 Å². The Hall–Kier alpha value is -3.97. The number of anilines is 1. The fraction of sp³-hybridized carbons (Fsp3) is 0. The largest absolute Gasteiger partial charge is 0.269 e. The number of amides is 2. The second-order valence-electron chi connectivity index (χ2n) is 7.00. The van der Waals surface area contributed by atoms with Gasteiger partial charge in [-0.15, -0.1) is 0 Å². The molecule has 0 atom stereocenters. The first kappa shape index (κ1) is 19.0. The van der Waals surface area contributed by atoms with Crippen molar-refractivity contribution in [3.8, 4) is 0 Å². The van der Waals surface area contributed by atoms with Crippen molar-refractivity contribution in [1.82, 2.24) is 0 Å². The van der Waals surface area contributed by atoms with Crippen molar-refractivity contribution in [3.05, 3.63) is 106 Å². The normalized spacial score (nSPS) is 13.0. The van der Waals surface area contributed by atoms with Gasteiger partial charge in [-0.2, -0.15) is 0 Å². The van der Waals surface area contributed by atoms with E-state index in [2.05, 4.69) is 0 Å². The average Bonchev–Trinajstić information content (AvgIpc) is 2.79. The summed E-state index contributed by atoms with van der Waals surface area (Å²) in [5.41, 5.74) is 1.56. The predicted octanol–water partition coefficient (Wildman–Crippen LogP) is 5.70. The minimum absolute atomic E-state index is 0.0390. The van der Waals surface area contributed by atoms with Crippen molar-refractivity contribution in [1.29, 1.82) is 0 Å². The SMILES string of the molecule is O=C1c2cccc3cccc(c23)C(=O)N1c1ccc(Sc2ccc([N+](=O)[O-])cc2)cc1. The summed E-state index contributed by atoms with van der Waals surface area (Å²) in [5.74, 6) is -0.685. The lowest BCUT2D eigenvalue weighted by Gasteiger charge is -2.27. The Kier molecular flexibility index (Phi) is 4.52. The van der Waals surface area contributed by atoms with Gasteiger partial charge in [0.1, 0.15) is 0 Å². The molecule has 0 aromatic heterocycles. The molecule has 0 radical (unpaired) electrons. The van der Waals surface area contributed by atoms with Crippen LogP contribution in [0.25, 0.3) is 10.8 Å². The standard InChI is InChI=1S/C24H14N2O4S/c27-23-20-5-1-3-15-4-2-6-21(22(15)20)24(28)25(23)16-7-11-18(12-8-16)31-19-13-9-17(10-14-19)26(29)30/h1-14H. The van der Waals surface area contributed by atoms with Gasteiger partial charge in [0.15, 0.2) is 0 Å². The highest BCUT2D eigenvalue weighted by Crippen LogP contribution is 2.34. The lowest BCUT2D eigenvalue weighted by atomic mass is 9.94. The first-order chi connectivity index (χ1) is 15.0. The Morgan fingerprint density at radius 3 is 1.74 bits per heavy atom. The molecule has 0 bridgehead atoms. The van der Waals surface area contributed by atoms with E-state index in [9.17, 15) is 19.7 Å². The van der Waals surface area contributed by atoms with E-state index in [1.165, 1.54) is 28.8 Å². The van der Waals surface area contributed by atoms with Gasteiger partial charge in [-0.3, -0.25) is 19.7 Å². The van der Waals surface area contributed by atoms with Crippen molar-refractivity contribution in [2.24, 2.45) is 0 Å².